The lowest BCUT2D eigenvalue weighted by Gasteiger charge is -2.09. The highest BCUT2D eigenvalue weighted by Gasteiger charge is 2.08. The van der Waals surface area contributed by atoms with Crippen molar-refractivity contribution in [1.82, 2.24) is 10.3 Å². The minimum Gasteiger partial charge on any atom is -0.312 e. The van der Waals surface area contributed by atoms with E-state index >= 15 is 0 Å². The number of nitrogens with one attached hydrogen (secondary N) is 1. The van der Waals surface area contributed by atoms with Gasteiger partial charge in [0.2, 0.25) is 0 Å². The molecule has 0 radical (unpaired) electrons. The van der Waals surface area contributed by atoms with Crippen LogP contribution in [0.1, 0.15) is 28.3 Å². The number of hydrogen-bond acceptors (Lipinski definition) is 4. The highest BCUT2D eigenvalue weighted by Crippen LogP contribution is 2.20. The molecule has 0 fully saturated rings. The van der Waals surface area contributed by atoms with E-state index in [0.717, 1.165) is 13.1 Å². The van der Waals surface area contributed by atoms with Gasteiger partial charge < -0.3 is 5.32 Å². The number of hydrogen-bond donors (Lipinski definition) is 1. The van der Waals surface area contributed by atoms with Crippen molar-refractivity contribution < 1.29 is 0 Å². The molecule has 2 heterocycles. The van der Waals surface area contributed by atoms with Crippen LogP contribution in [0.4, 0.5) is 0 Å². The highest BCUT2D eigenvalue weighted by atomic mass is 32.1. The Bertz CT molecular complexity index is 420. The minimum atomic E-state index is 0.498. The van der Waals surface area contributed by atoms with Gasteiger partial charge in [0.15, 0.2) is 0 Å². The first-order chi connectivity index (χ1) is 7.75. The Morgan fingerprint density at radius 2 is 2.38 bits per heavy atom. The van der Waals surface area contributed by atoms with E-state index in [9.17, 15) is 0 Å². The Kier molecular flexibility index (Phi) is 4.09. The zero-order chi connectivity index (χ0) is 11.4. The predicted molar refractivity (Wildman–Crippen MR) is 71.3 cm³/mol. The molecular weight excluding hydrogens is 236 g/mol. The molecule has 0 spiro atoms. The fourth-order valence-electron chi connectivity index (χ4n) is 1.51. The van der Waals surface area contributed by atoms with Gasteiger partial charge in [-0.05, 0) is 29.3 Å². The quantitative estimate of drug-likeness (QED) is 0.882. The first-order valence-corrected chi connectivity index (χ1v) is 7.16. The number of aromatic nitrogens is 1. The van der Waals surface area contributed by atoms with Crippen LogP contribution < -0.4 is 5.32 Å². The lowest BCUT2D eigenvalue weighted by molar-refractivity contribution is 0.613. The van der Waals surface area contributed by atoms with E-state index in [4.69, 9.17) is 0 Å². The molecule has 86 valence electrons. The molecule has 0 aromatic carbocycles. The van der Waals surface area contributed by atoms with E-state index in [0.29, 0.717) is 5.92 Å². The van der Waals surface area contributed by atoms with Crippen molar-refractivity contribution in [3.05, 3.63) is 38.5 Å². The standard InChI is InChI=1S/C12H16N2S2/c1-9(12-14-6-10(2)16-12)5-13-7-11-3-4-15-8-11/h3-4,6,8-9,13H,5,7H2,1-2H3. The number of nitrogens with zero attached hydrogens (tertiary/aromatic N) is 1. The normalized spacial score (nSPS) is 12.9. The molecule has 1 N–H and O–H groups in total. The van der Waals surface area contributed by atoms with Crippen molar-refractivity contribution in [1.29, 1.82) is 0 Å². The molecule has 0 saturated carbocycles. The van der Waals surface area contributed by atoms with Crippen LogP contribution in [0.15, 0.2) is 23.0 Å². The van der Waals surface area contributed by atoms with Crippen molar-refractivity contribution in [2.75, 3.05) is 6.54 Å². The molecule has 2 aromatic rings. The first kappa shape index (κ1) is 11.8. The van der Waals surface area contributed by atoms with Crippen LogP contribution in [0, 0.1) is 6.92 Å². The Morgan fingerprint density at radius 1 is 1.50 bits per heavy atom. The Balaban J connectivity index is 1.78. The average molecular weight is 252 g/mol. The van der Waals surface area contributed by atoms with Crippen molar-refractivity contribution in [2.45, 2.75) is 26.3 Å². The topological polar surface area (TPSA) is 24.9 Å². The third-order valence-corrected chi connectivity index (χ3v) is 4.30. The van der Waals surface area contributed by atoms with E-state index in [1.165, 1.54) is 15.4 Å². The van der Waals surface area contributed by atoms with E-state index < -0.39 is 0 Å². The highest BCUT2D eigenvalue weighted by molar-refractivity contribution is 7.11. The molecule has 0 aliphatic heterocycles. The van der Waals surface area contributed by atoms with Crippen LogP contribution in [0.2, 0.25) is 0 Å². The fraction of sp³-hybridized carbons (Fsp3) is 0.417. The van der Waals surface area contributed by atoms with Crippen molar-refractivity contribution in [2.24, 2.45) is 0 Å². The van der Waals surface area contributed by atoms with Gasteiger partial charge in [0.25, 0.3) is 0 Å². The maximum atomic E-state index is 4.41. The van der Waals surface area contributed by atoms with Crippen molar-refractivity contribution >= 4 is 22.7 Å². The zero-order valence-electron chi connectivity index (χ0n) is 9.56. The molecule has 2 nitrogen and oxygen atoms in total. The maximum Gasteiger partial charge on any atom is 0.0968 e. The summed E-state index contributed by atoms with van der Waals surface area (Å²) in [6, 6.07) is 2.16. The largest absolute Gasteiger partial charge is 0.312 e. The third-order valence-electron chi connectivity index (χ3n) is 2.42. The molecule has 1 atom stereocenters. The maximum absolute atomic E-state index is 4.41. The monoisotopic (exact) mass is 252 g/mol. The Morgan fingerprint density at radius 3 is 3.00 bits per heavy atom. The van der Waals surface area contributed by atoms with Gasteiger partial charge in [0.1, 0.15) is 0 Å². The van der Waals surface area contributed by atoms with E-state index in [2.05, 4.69) is 41.0 Å². The molecule has 2 aromatic heterocycles. The lowest BCUT2D eigenvalue weighted by atomic mass is 10.2. The predicted octanol–water partition coefficient (Wildman–Crippen LogP) is 3.41. The van der Waals surface area contributed by atoms with Gasteiger partial charge in [-0.25, -0.2) is 4.98 Å². The van der Waals surface area contributed by atoms with E-state index in [1.807, 2.05) is 6.20 Å². The SMILES string of the molecule is Cc1cnc(C(C)CNCc2ccsc2)s1. The number of rotatable bonds is 5. The molecule has 4 heteroatoms. The smallest absolute Gasteiger partial charge is 0.0968 e. The van der Waals surface area contributed by atoms with Gasteiger partial charge in [-0.3, -0.25) is 0 Å². The summed E-state index contributed by atoms with van der Waals surface area (Å²) in [5.41, 5.74) is 1.37. The molecule has 0 saturated heterocycles. The minimum absolute atomic E-state index is 0.498. The van der Waals surface area contributed by atoms with Gasteiger partial charge >= 0.3 is 0 Å². The number of thiophene rings is 1. The molecule has 1 unspecified atom stereocenters. The molecule has 0 aliphatic rings. The van der Waals surface area contributed by atoms with Gasteiger partial charge in [-0.2, -0.15) is 11.3 Å². The van der Waals surface area contributed by atoms with Gasteiger partial charge in [0, 0.05) is 30.1 Å². The van der Waals surface area contributed by atoms with Crippen LogP contribution in [0.5, 0.6) is 0 Å². The summed E-state index contributed by atoms with van der Waals surface area (Å²) in [6.45, 7) is 6.27. The second kappa shape index (κ2) is 5.57. The van der Waals surface area contributed by atoms with Crippen LogP contribution >= 0.6 is 22.7 Å². The Labute approximate surface area is 104 Å². The van der Waals surface area contributed by atoms with Crippen LogP contribution in [-0.2, 0) is 6.54 Å². The summed E-state index contributed by atoms with van der Waals surface area (Å²) in [5, 5.41) is 9.00. The molecule has 0 aliphatic carbocycles. The van der Waals surface area contributed by atoms with E-state index in [-0.39, 0.29) is 0 Å². The second-order valence-electron chi connectivity index (χ2n) is 3.97. The molecule has 0 bridgehead atoms. The second-order valence-corrected chi connectivity index (χ2v) is 6.02. The Hall–Kier alpha value is -0.710. The van der Waals surface area contributed by atoms with Crippen molar-refractivity contribution in [3.63, 3.8) is 0 Å². The summed E-state index contributed by atoms with van der Waals surface area (Å²) in [7, 11) is 0. The molecule has 16 heavy (non-hydrogen) atoms. The van der Waals surface area contributed by atoms with Gasteiger partial charge in [-0.15, -0.1) is 11.3 Å². The summed E-state index contributed by atoms with van der Waals surface area (Å²) in [5.74, 6) is 0.498. The lowest BCUT2D eigenvalue weighted by Crippen LogP contribution is -2.19. The van der Waals surface area contributed by atoms with Crippen LogP contribution in [0.25, 0.3) is 0 Å². The van der Waals surface area contributed by atoms with Crippen LogP contribution in [0.3, 0.4) is 0 Å². The van der Waals surface area contributed by atoms with Gasteiger partial charge in [-0.1, -0.05) is 6.92 Å². The van der Waals surface area contributed by atoms with E-state index in [1.54, 1.807) is 22.7 Å². The third kappa shape index (κ3) is 3.14. The summed E-state index contributed by atoms with van der Waals surface area (Å²) < 4.78 is 0. The van der Waals surface area contributed by atoms with Gasteiger partial charge in [0.05, 0.1) is 5.01 Å². The summed E-state index contributed by atoms with van der Waals surface area (Å²) >= 11 is 3.54. The van der Waals surface area contributed by atoms with Crippen molar-refractivity contribution in [3.8, 4) is 0 Å². The average Bonchev–Trinajstić information content (AvgIpc) is 2.89. The summed E-state index contributed by atoms with van der Waals surface area (Å²) in [4.78, 5) is 5.70. The number of aryl methyl sites for hydroxylation is 1. The number of thiazole rings is 1. The summed E-state index contributed by atoms with van der Waals surface area (Å²) in [6.07, 6.45) is 1.95. The fourth-order valence-corrected chi connectivity index (χ4v) is 3.01. The first-order valence-electron chi connectivity index (χ1n) is 5.40. The molecular formula is C12H16N2S2. The molecule has 0 amide bonds. The van der Waals surface area contributed by atoms with Crippen LogP contribution in [-0.4, -0.2) is 11.5 Å². The molecule has 2 rings (SSSR count). The zero-order valence-corrected chi connectivity index (χ0v) is 11.2.